The first-order chi connectivity index (χ1) is 35.0. The monoisotopic (exact) mass is 999 g/mol. The minimum Gasteiger partial charge on any atom is -0.462 e. The minimum atomic E-state index is -0.770. The van der Waals surface area contributed by atoms with Crippen molar-refractivity contribution in [2.75, 3.05) is 13.2 Å². The number of ether oxygens (including phenoxy) is 3. The van der Waals surface area contributed by atoms with E-state index in [1.54, 1.807) is 0 Å². The van der Waals surface area contributed by atoms with Crippen LogP contribution < -0.4 is 0 Å². The highest BCUT2D eigenvalue weighted by atomic mass is 16.6. The second-order valence-corrected chi connectivity index (χ2v) is 21.7. The van der Waals surface area contributed by atoms with Crippen molar-refractivity contribution in [3.63, 3.8) is 0 Å². The van der Waals surface area contributed by atoms with E-state index in [0.29, 0.717) is 19.3 Å². The molecule has 0 aliphatic heterocycles. The van der Waals surface area contributed by atoms with Crippen LogP contribution in [0.15, 0.2) is 24.3 Å². The zero-order chi connectivity index (χ0) is 51.4. The second kappa shape index (κ2) is 60.4. The molecule has 0 aromatic carbocycles. The Morgan fingerprint density at radius 3 is 0.704 bits per heavy atom. The summed E-state index contributed by atoms with van der Waals surface area (Å²) in [4.78, 5) is 38.3. The SMILES string of the molecule is CCCCCCCC/C=C\CCCCCCCCCCCC(=O)OCC(COC(=O)CCCCCCCCCCCCCCCCC)OC(=O)CCCCCCCCCCC/C=C\CCCCCCCC. The molecule has 0 N–H and O–H groups in total. The first-order valence-corrected chi connectivity index (χ1v) is 31.8. The quantitative estimate of drug-likeness (QED) is 0.0261. The molecule has 0 heterocycles. The number of unbranched alkanes of at least 4 members (excludes halogenated alkanes) is 44. The van der Waals surface area contributed by atoms with Gasteiger partial charge in [0, 0.05) is 19.3 Å². The smallest absolute Gasteiger partial charge is 0.306 e. The molecular formula is C65H122O6. The molecule has 0 aliphatic carbocycles. The number of allylic oxidation sites excluding steroid dienone is 4. The van der Waals surface area contributed by atoms with E-state index < -0.39 is 6.10 Å². The average molecular weight is 1000 g/mol. The van der Waals surface area contributed by atoms with Crippen molar-refractivity contribution >= 4 is 17.9 Å². The van der Waals surface area contributed by atoms with Crippen LogP contribution in [0.25, 0.3) is 0 Å². The number of carbonyl (C=O) groups excluding carboxylic acids is 3. The summed E-state index contributed by atoms with van der Waals surface area (Å²) in [6.45, 7) is 6.69. The molecule has 6 nitrogen and oxygen atoms in total. The van der Waals surface area contributed by atoms with Crippen LogP contribution in [-0.2, 0) is 28.6 Å². The molecule has 1 atom stereocenters. The van der Waals surface area contributed by atoms with E-state index in [2.05, 4.69) is 45.1 Å². The fraction of sp³-hybridized carbons (Fsp3) is 0.892. The fourth-order valence-electron chi connectivity index (χ4n) is 9.61. The third-order valence-corrected chi connectivity index (χ3v) is 14.4. The highest BCUT2D eigenvalue weighted by Crippen LogP contribution is 2.17. The Morgan fingerprint density at radius 1 is 0.268 bits per heavy atom. The predicted octanol–water partition coefficient (Wildman–Crippen LogP) is 21.4. The molecule has 0 radical (unpaired) electrons. The molecule has 418 valence electrons. The molecule has 0 aliphatic rings. The van der Waals surface area contributed by atoms with Gasteiger partial charge >= 0.3 is 17.9 Å². The van der Waals surface area contributed by atoms with E-state index in [0.717, 1.165) is 57.8 Å². The molecule has 0 saturated heterocycles. The van der Waals surface area contributed by atoms with Crippen LogP contribution in [-0.4, -0.2) is 37.2 Å². The van der Waals surface area contributed by atoms with Crippen molar-refractivity contribution in [1.82, 2.24) is 0 Å². The van der Waals surface area contributed by atoms with Crippen molar-refractivity contribution in [1.29, 1.82) is 0 Å². The summed E-state index contributed by atoms with van der Waals surface area (Å²) < 4.78 is 16.9. The lowest BCUT2D eigenvalue weighted by Gasteiger charge is -2.18. The Hall–Kier alpha value is -2.11. The molecule has 0 aromatic heterocycles. The van der Waals surface area contributed by atoms with Crippen molar-refractivity contribution in [2.45, 2.75) is 361 Å². The fourth-order valence-corrected chi connectivity index (χ4v) is 9.61. The van der Waals surface area contributed by atoms with E-state index >= 15 is 0 Å². The topological polar surface area (TPSA) is 78.9 Å². The van der Waals surface area contributed by atoms with Crippen LogP contribution in [0.5, 0.6) is 0 Å². The molecule has 0 rings (SSSR count). The van der Waals surface area contributed by atoms with Gasteiger partial charge in [0.25, 0.3) is 0 Å². The Kier molecular flexibility index (Phi) is 58.6. The molecule has 0 aromatic rings. The van der Waals surface area contributed by atoms with E-state index in [1.165, 1.54) is 257 Å². The largest absolute Gasteiger partial charge is 0.462 e. The lowest BCUT2D eigenvalue weighted by molar-refractivity contribution is -0.167. The van der Waals surface area contributed by atoms with Crippen LogP contribution >= 0.6 is 0 Å². The molecule has 0 saturated carbocycles. The molecular weight excluding hydrogens is 877 g/mol. The summed E-state index contributed by atoms with van der Waals surface area (Å²) in [7, 11) is 0. The maximum atomic E-state index is 12.9. The normalized spacial score (nSPS) is 12.1. The summed E-state index contributed by atoms with van der Waals surface area (Å²) in [5.41, 5.74) is 0. The Balaban J connectivity index is 4.32. The van der Waals surface area contributed by atoms with Gasteiger partial charge in [0.15, 0.2) is 6.10 Å². The van der Waals surface area contributed by atoms with Crippen molar-refractivity contribution in [3.05, 3.63) is 24.3 Å². The van der Waals surface area contributed by atoms with Gasteiger partial charge in [-0.25, -0.2) is 0 Å². The molecule has 0 bridgehead atoms. The van der Waals surface area contributed by atoms with E-state index in [-0.39, 0.29) is 31.1 Å². The summed E-state index contributed by atoms with van der Waals surface area (Å²) in [5, 5.41) is 0. The van der Waals surface area contributed by atoms with Gasteiger partial charge in [-0.05, 0) is 70.6 Å². The molecule has 0 spiro atoms. The standard InChI is InChI=1S/C65H122O6/c1-4-7-10-13-16-19-22-25-28-30-32-34-37-40-43-46-49-52-55-58-64(67)70-61-62(60-69-63(66)57-54-51-48-45-42-39-36-27-24-21-18-15-12-9-6-3)71-65(68)59-56-53-50-47-44-41-38-35-33-31-29-26-23-20-17-14-11-8-5-2/h25-26,28-29,62H,4-24,27,30-61H2,1-3H3/b28-25-,29-26-. The number of rotatable bonds is 59. The molecule has 0 amide bonds. The van der Waals surface area contributed by atoms with Gasteiger partial charge in [-0.1, -0.05) is 289 Å². The van der Waals surface area contributed by atoms with E-state index in [4.69, 9.17) is 14.2 Å². The van der Waals surface area contributed by atoms with Crippen LogP contribution in [0.3, 0.4) is 0 Å². The van der Waals surface area contributed by atoms with Crippen molar-refractivity contribution < 1.29 is 28.6 Å². The summed E-state index contributed by atoms with van der Waals surface area (Å²) in [5.74, 6) is -0.845. The first-order valence-electron chi connectivity index (χ1n) is 31.8. The number of hydrogen-bond acceptors (Lipinski definition) is 6. The van der Waals surface area contributed by atoms with Crippen molar-refractivity contribution in [2.24, 2.45) is 0 Å². The van der Waals surface area contributed by atoms with Crippen molar-refractivity contribution in [3.8, 4) is 0 Å². The van der Waals surface area contributed by atoms with Gasteiger partial charge in [0.2, 0.25) is 0 Å². The summed E-state index contributed by atoms with van der Waals surface area (Å²) in [6, 6.07) is 0. The van der Waals surface area contributed by atoms with Gasteiger partial charge < -0.3 is 14.2 Å². The second-order valence-electron chi connectivity index (χ2n) is 21.7. The Morgan fingerprint density at radius 2 is 0.465 bits per heavy atom. The average Bonchev–Trinajstić information content (AvgIpc) is 3.37. The van der Waals surface area contributed by atoms with Crippen LogP contribution in [0.2, 0.25) is 0 Å². The number of hydrogen-bond donors (Lipinski definition) is 0. The lowest BCUT2D eigenvalue weighted by atomic mass is 10.0. The highest BCUT2D eigenvalue weighted by Gasteiger charge is 2.19. The highest BCUT2D eigenvalue weighted by molar-refractivity contribution is 5.71. The summed E-state index contributed by atoms with van der Waals surface area (Å²) in [6.07, 6.45) is 71.7. The van der Waals surface area contributed by atoms with Gasteiger partial charge in [0.1, 0.15) is 13.2 Å². The third kappa shape index (κ3) is 58.7. The molecule has 1 unspecified atom stereocenters. The summed E-state index contributed by atoms with van der Waals surface area (Å²) >= 11 is 0. The minimum absolute atomic E-state index is 0.0674. The Bertz CT molecular complexity index is 1150. The first kappa shape index (κ1) is 68.9. The third-order valence-electron chi connectivity index (χ3n) is 14.4. The zero-order valence-corrected chi connectivity index (χ0v) is 48.0. The Labute approximate surface area is 443 Å². The van der Waals surface area contributed by atoms with Crippen LogP contribution in [0.1, 0.15) is 355 Å². The van der Waals surface area contributed by atoms with Gasteiger partial charge in [-0.15, -0.1) is 0 Å². The maximum absolute atomic E-state index is 12.9. The van der Waals surface area contributed by atoms with Gasteiger partial charge in [-0.3, -0.25) is 14.4 Å². The predicted molar refractivity (Wildman–Crippen MR) is 307 cm³/mol. The molecule has 6 heteroatoms. The number of carbonyl (C=O) groups is 3. The molecule has 71 heavy (non-hydrogen) atoms. The number of esters is 3. The zero-order valence-electron chi connectivity index (χ0n) is 48.0. The van der Waals surface area contributed by atoms with E-state index in [9.17, 15) is 14.4 Å². The van der Waals surface area contributed by atoms with Crippen LogP contribution in [0.4, 0.5) is 0 Å². The molecule has 0 fully saturated rings. The van der Waals surface area contributed by atoms with Gasteiger partial charge in [0.05, 0.1) is 0 Å². The van der Waals surface area contributed by atoms with Crippen LogP contribution in [0, 0.1) is 0 Å². The van der Waals surface area contributed by atoms with Gasteiger partial charge in [-0.2, -0.15) is 0 Å². The lowest BCUT2D eigenvalue weighted by Crippen LogP contribution is -2.30. The maximum Gasteiger partial charge on any atom is 0.306 e. The van der Waals surface area contributed by atoms with E-state index in [1.807, 2.05) is 0 Å².